The van der Waals surface area contributed by atoms with E-state index < -0.39 is 4.92 Å². The number of non-ortho nitro benzene ring substituents is 1. The zero-order valence-corrected chi connectivity index (χ0v) is 14.5. The zero-order chi connectivity index (χ0) is 19.1. The molecule has 1 heterocycles. The van der Waals surface area contributed by atoms with Gasteiger partial charge >= 0.3 is 0 Å². The quantitative estimate of drug-likeness (QED) is 0.397. The van der Waals surface area contributed by atoms with Crippen LogP contribution in [0.15, 0.2) is 73.3 Å². The number of nitrogens with one attached hydrogen (secondary N) is 1. The fourth-order valence-corrected chi connectivity index (χ4v) is 2.52. The number of hydrogen-bond acceptors (Lipinski definition) is 4. The number of nitro benzene ring substituents is 1. The van der Waals surface area contributed by atoms with Crippen LogP contribution in [0.5, 0.6) is 0 Å². The summed E-state index contributed by atoms with van der Waals surface area (Å²) in [6.45, 7) is 1.15. The minimum absolute atomic E-state index is 0.00617. The summed E-state index contributed by atoms with van der Waals surface area (Å²) >= 11 is 0. The lowest BCUT2D eigenvalue weighted by atomic mass is 10.1. The highest BCUT2D eigenvalue weighted by molar-refractivity contribution is 5.91. The average Bonchev–Trinajstić information content (AvgIpc) is 3.19. The van der Waals surface area contributed by atoms with E-state index in [0.717, 1.165) is 17.7 Å². The molecule has 0 aliphatic heterocycles. The van der Waals surface area contributed by atoms with Gasteiger partial charge in [0.1, 0.15) is 0 Å². The molecule has 3 aromatic rings. The smallest absolute Gasteiger partial charge is 0.270 e. The number of aromatic nitrogens is 2. The number of nitro groups is 1. The highest BCUT2D eigenvalue weighted by Gasteiger charge is 2.04. The number of hydrogen-bond donors (Lipinski definition) is 1. The van der Waals surface area contributed by atoms with Crippen molar-refractivity contribution in [3.05, 3.63) is 100 Å². The molecule has 0 fully saturated rings. The molecule has 0 atom stereocenters. The third-order valence-corrected chi connectivity index (χ3v) is 3.92. The third-order valence-electron chi connectivity index (χ3n) is 3.92. The van der Waals surface area contributed by atoms with Gasteiger partial charge in [0.15, 0.2) is 0 Å². The van der Waals surface area contributed by atoms with Crippen molar-refractivity contribution < 1.29 is 9.72 Å². The molecule has 0 radical (unpaired) electrons. The minimum atomic E-state index is -0.464. The van der Waals surface area contributed by atoms with E-state index in [1.807, 2.05) is 35.0 Å². The minimum Gasteiger partial charge on any atom is -0.348 e. The van der Waals surface area contributed by atoms with E-state index in [4.69, 9.17) is 0 Å². The van der Waals surface area contributed by atoms with Gasteiger partial charge in [-0.15, -0.1) is 0 Å². The molecule has 0 saturated heterocycles. The van der Waals surface area contributed by atoms with E-state index in [2.05, 4.69) is 10.3 Å². The first-order valence-corrected chi connectivity index (χ1v) is 8.34. The van der Waals surface area contributed by atoms with Crippen molar-refractivity contribution in [1.29, 1.82) is 0 Å². The molecule has 0 spiro atoms. The van der Waals surface area contributed by atoms with E-state index in [1.165, 1.54) is 18.2 Å². The summed E-state index contributed by atoms with van der Waals surface area (Å²) in [4.78, 5) is 26.3. The highest BCUT2D eigenvalue weighted by Crippen LogP contribution is 2.14. The average molecular weight is 362 g/mol. The van der Waals surface area contributed by atoms with E-state index >= 15 is 0 Å². The van der Waals surface area contributed by atoms with Crippen LogP contribution in [0.4, 0.5) is 5.69 Å². The monoisotopic (exact) mass is 362 g/mol. The van der Waals surface area contributed by atoms with Gasteiger partial charge in [-0.05, 0) is 22.8 Å². The first-order valence-electron chi connectivity index (χ1n) is 8.34. The molecular formula is C20H18N4O3. The van der Waals surface area contributed by atoms with Crippen molar-refractivity contribution in [1.82, 2.24) is 14.9 Å². The van der Waals surface area contributed by atoms with Crippen LogP contribution >= 0.6 is 0 Å². The summed E-state index contributed by atoms with van der Waals surface area (Å²) in [5, 5.41) is 13.6. The topological polar surface area (TPSA) is 90.1 Å². The van der Waals surface area contributed by atoms with E-state index in [1.54, 1.807) is 30.7 Å². The third kappa shape index (κ3) is 5.37. The molecule has 0 bridgehead atoms. The molecular weight excluding hydrogens is 344 g/mol. The maximum Gasteiger partial charge on any atom is 0.270 e. The molecule has 1 amide bonds. The van der Waals surface area contributed by atoms with E-state index in [9.17, 15) is 14.9 Å². The summed E-state index contributed by atoms with van der Waals surface area (Å²) in [5.41, 5.74) is 2.73. The van der Waals surface area contributed by atoms with Gasteiger partial charge in [0.05, 0.1) is 11.3 Å². The molecule has 0 unspecified atom stereocenters. The summed E-state index contributed by atoms with van der Waals surface area (Å²) in [6, 6.07) is 14.1. The maximum absolute atomic E-state index is 11.9. The number of nitrogens with zero attached hydrogens (tertiary/aromatic N) is 3. The summed E-state index contributed by atoms with van der Waals surface area (Å²) in [5.74, 6) is -0.260. The Balaban J connectivity index is 1.51. The Morgan fingerprint density at radius 3 is 2.67 bits per heavy atom. The van der Waals surface area contributed by atoms with Crippen molar-refractivity contribution in [2.75, 3.05) is 0 Å². The number of amides is 1. The zero-order valence-electron chi connectivity index (χ0n) is 14.5. The van der Waals surface area contributed by atoms with Gasteiger partial charge in [0.2, 0.25) is 5.91 Å². The second-order valence-electron chi connectivity index (χ2n) is 5.95. The summed E-state index contributed by atoms with van der Waals surface area (Å²) in [7, 11) is 0. The number of carbonyl (C=O) groups is 1. The molecule has 0 saturated carbocycles. The predicted octanol–water partition coefficient (Wildman–Crippen LogP) is 3.17. The normalized spacial score (nSPS) is 10.8. The first-order chi connectivity index (χ1) is 13.1. The van der Waals surface area contributed by atoms with Crippen molar-refractivity contribution in [2.24, 2.45) is 0 Å². The SMILES string of the molecule is O=C(/C=C/c1cccc([N+](=O)[O-])c1)NCc1ccc(Cn2ccnc2)cc1. The van der Waals surface area contributed by atoms with Crippen LogP contribution in [-0.2, 0) is 17.9 Å². The summed E-state index contributed by atoms with van der Waals surface area (Å²) in [6.07, 6.45) is 8.33. The molecule has 27 heavy (non-hydrogen) atoms. The molecule has 3 rings (SSSR count). The fraction of sp³-hybridized carbons (Fsp3) is 0.100. The van der Waals surface area contributed by atoms with Crippen molar-refractivity contribution in [2.45, 2.75) is 13.1 Å². The molecule has 0 aliphatic rings. The lowest BCUT2D eigenvalue weighted by Crippen LogP contribution is -2.20. The van der Waals surface area contributed by atoms with Crippen LogP contribution in [0.3, 0.4) is 0 Å². The van der Waals surface area contributed by atoms with E-state index in [0.29, 0.717) is 12.1 Å². The van der Waals surface area contributed by atoms with Gasteiger partial charge in [0, 0.05) is 43.7 Å². The van der Waals surface area contributed by atoms with Gasteiger partial charge in [-0.25, -0.2) is 4.98 Å². The Hall–Kier alpha value is -3.74. The Morgan fingerprint density at radius 2 is 1.96 bits per heavy atom. The second-order valence-corrected chi connectivity index (χ2v) is 5.95. The van der Waals surface area contributed by atoms with Gasteiger partial charge in [-0.3, -0.25) is 14.9 Å². The van der Waals surface area contributed by atoms with E-state index in [-0.39, 0.29) is 11.6 Å². The molecule has 0 aliphatic carbocycles. The van der Waals surface area contributed by atoms with Crippen LogP contribution < -0.4 is 5.32 Å². The van der Waals surface area contributed by atoms with Gasteiger partial charge < -0.3 is 9.88 Å². The van der Waals surface area contributed by atoms with Crippen molar-refractivity contribution in [3.63, 3.8) is 0 Å². The predicted molar refractivity (Wildman–Crippen MR) is 102 cm³/mol. The Morgan fingerprint density at radius 1 is 1.19 bits per heavy atom. The Labute approximate surface area is 156 Å². The van der Waals surface area contributed by atoms with Crippen LogP contribution in [-0.4, -0.2) is 20.4 Å². The standard InChI is InChI=1S/C20H18N4O3/c25-20(9-8-16-2-1-3-19(12-16)24(26)27)22-13-17-4-6-18(7-5-17)14-23-11-10-21-15-23/h1-12,15H,13-14H2,(H,22,25)/b9-8+. The van der Waals surface area contributed by atoms with Crippen LogP contribution in [0.1, 0.15) is 16.7 Å². The van der Waals surface area contributed by atoms with Gasteiger partial charge in [-0.1, -0.05) is 36.4 Å². The largest absolute Gasteiger partial charge is 0.348 e. The molecule has 7 heteroatoms. The van der Waals surface area contributed by atoms with Crippen LogP contribution in [0, 0.1) is 10.1 Å². The lowest BCUT2D eigenvalue weighted by Gasteiger charge is -2.06. The number of benzene rings is 2. The molecule has 2 aromatic carbocycles. The molecule has 136 valence electrons. The Bertz CT molecular complexity index is 948. The van der Waals surface area contributed by atoms with Crippen molar-refractivity contribution >= 4 is 17.7 Å². The molecule has 1 aromatic heterocycles. The number of imidazole rings is 1. The summed E-state index contributed by atoms with van der Waals surface area (Å²) < 4.78 is 1.98. The Kier molecular flexibility index (Phi) is 5.73. The van der Waals surface area contributed by atoms with Crippen LogP contribution in [0.2, 0.25) is 0 Å². The highest BCUT2D eigenvalue weighted by atomic mass is 16.6. The number of carbonyl (C=O) groups excluding carboxylic acids is 1. The fourth-order valence-electron chi connectivity index (χ4n) is 2.52. The molecule has 1 N–H and O–H groups in total. The molecule has 7 nitrogen and oxygen atoms in total. The second kappa shape index (κ2) is 8.57. The maximum atomic E-state index is 11.9. The van der Waals surface area contributed by atoms with Crippen LogP contribution in [0.25, 0.3) is 6.08 Å². The lowest BCUT2D eigenvalue weighted by molar-refractivity contribution is -0.384. The first kappa shape index (κ1) is 18.1. The van der Waals surface area contributed by atoms with Gasteiger partial charge in [0.25, 0.3) is 5.69 Å². The van der Waals surface area contributed by atoms with Gasteiger partial charge in [-0.2, -0.15) is 0 Å². The number of rotatable bonds is 7. The van der Waals surface area contributed by atoms with Crippen molar-refractivity contribution in [3.8, 4) is 0 Å².